The molecule has 3 heteroatoms. The number of hydrogen-bond donors (Lipinski definition) is 1. The van der Waals surface area contributed by atoms with E-state index in [1.54, 1.807) is 0 Å². The van der Waals surface area contributed by atoms with Gasteiger partial charge in [-0.1, -0.05) is 33.1 Å². The molecule has 3 unspecified atom stereocenters. The fourth-order valence-electron chi connectivity index (χ4n) is 3.05. The largest absolute Gasteiger partial charge is 0.328 e. The molecule has 0 aromatic rings. The summed E-state index contributed by atoms with van der Waals surface area (Å²) in [4.78, 5) is 14.1. The summed E-state index contributed by atoms with van der Waals surface area (Å²) in [7, 11) is 0. The molecule has 2 rings (SSSR count). The molecule has 1 aliphatic heterocycles. The predicted molar refractivity (Wildman–Crippen MR) is 64.9 cm³/mol. The molecule has 0 radical (unpaired) electrons. The highest BCUT2D eigenvalue weighted by Gasteiger charge is 2.33. The summed E-state index contributed by atoms with van der Waals surface area (Å²) in [5, 5.41) is 3.32. The number of nitrogens with zero attached hydrogens (tertiary/aromatic N) is 1. The second-order valence-corrected chi connectivity index (χ2v) is 5.43. The minimum atomic E-state index is 0.0988. The van der Waals surface area contributed by atoms with E-state index in [1.807, 2.05) is 4.90 Å². The van der Waals surface area contributed by atoms with Gasteiger partial charge < -0.3 is 4.90 Å². The van der Waals surface area contributed by atoms with Crippen LogP contribution in [0.4, 0.5) is 0 Å². The maximum absolute atomic E-state index is 12.1. The Morgan fingerprint density at radius 2 is 2.25 bits per heavy atom. The summed E-state index contributed by atoms with van der Waals surface area (Å²) in [5.41, 5.74) is 0. The Hall–Kier alpha value is -0.570. The van der Waals surface area contributed by atoms with Crippen LogP contribution < -0.4 is 5.32 Å². The van der Waals surface area contributed by atoms with E-state index < -0.39 is 0 Å². The molecule has 2 fully saturated rings. The third-order valence-electron chi connectivity index (χ3n) is 4.21. The van der Waals surface area contributed by atoms with Crippen molar-refractivity contribution < 1.29 is 4.79 Å². The molecule has 1 heterocycles. The molecule has 2 aliphatic rings. The second kappa shape index (κ2) is 5.17. The molecule has 0 aromatic carbocycles. The van der Waals surface area contributed by atoms with Crippen LogP contribution in [0.3, 0.4) is 0 Å². The van der Waals surface area contributed by atoms with Gasteiger partial charge in [0.25, 0.3) is 0 Å². The van der Waals surface area contributed by atoms with Crippen LogP contribution in [-0.4, -0.2) is 30.1 Å². The van der Waals surface area contributed by atoms with E-state index in [-0.39, 0.29) is 6.04 Å². The summed E-state index contributed by atoms with van der Waals surface area (Å²) in [6.45, 7) is 6.21. The number of carbonyl (C=O) groups excluding carboxylic acids is 1. The lowest BCUT2D eigenvalue weighted by Gasteiger charge is -2.22. The van der Waals surface area contributed by atoms with Gasteiger partial charge >= 0.3 is 0 Å². The van der Waals surface area contributed by atoms with Crippen LogP contribution >= 0.6 is 0 Å². The van der Waals surface area contributed by atoms with E-state index in [1.165, 1.54) is 19.3 Å². The molecule has 16 heavy (non-hydrogen) atoms. The summed E-state index contributed by atoms with van der Waals surface area (Å²) in [6, 6.07) is 0.0988. The molecule has 1 saturated heterocycles. The van der Waals surface area contributed by atoms with Gasteiger partial charge in [-0.15, -0.1) is 0 Å². The average Bonchev–Trinajstić information content (AvgIpc) is 2.80. The first-order chi connectivity index (χ1) is 7.72. The minimum absolute atomic E-state index is 0.0988. The normalized spacial score (nSPS) is 35.0. The van der Waals surface area contributed by atoms with E-state index in [0.717, 1.165) is 37.9 Å². The molecule has 1 amide bonds. The maximum Gasteiger partial charge on any atom is 0.240 e. The van der Waals surface area contributed by atoms with Crippen molar-refractivity contribution in [3.05, 3.63) is 0 Å². The standard InChI is InChI=1S/C13H24N2O/c1-3-5-12-13(16)15(9-14-12)8-11-7-4-6-10(11)2/h10-12,14H,3-9H2,1-2H3. The van der Waals surface area contributed by atoms with Crippen LogP contribution in [0, 0.1) is 11.8 Å². The molecule has 1 aliphatic carbocycles. The highest BCUT2D eigenvalue weighted by atomic mass is 16.2. The summed E-state index contributed by atoms with van der Waals surface area (Å²) in [5.74, 6) is 1.88. The Morgan fingerprint density at radius 1 is 1.44 bits per heavy atom. The number of nitrogens with one attached hydrogen (secondary N) is 1. The average molecular weight is 224 g/mol. The molecule has 0 aromatic heterocycles. The van der Waals surface area contributed by atoms with Crippen molar-refractivity contribution in [1.82, 2.24) is 10.2 Å². The zero-order valence-electron chi connectivity index (χ0n) is 10.5. The molecule has 92 valence electrons. The van der Waals surface area contributed by atoms with Crippen LogP contribution in [0.5, 0.6) is 0 Å². The first-order valence-electron chi connectivity index (χ1n) is 6.74. The van der Waals surface area contributed by atoms with Crippen LogP contribution in [-0.2, 0) is 4.79 Å². The van der Waals surface area contributed by atoms with Gasteiger partial charge in [0, 0.05) is 6.54 Å². The first-order valence-corrected chi connectivity index (χ1v) is 6.74. The molecular formula is C13H24N2O. The smallest absolute Gasteiger partial charge is 0.240 e. The van der Waals surface area contributed by atoms with Crippen molar-refractivity contribution in [2.75, 3.05) is 13.2 Å². The summed E-state index contributed by atoms with van der Waals surface area (Å²) in [6.07, 6.45) is 6.06. The molecule has 1 N–H and O–H groups in total. The quantitative estimate of drug-likeness (QED) is 0.792. The monoisotopic (exact) mass is 224 g/mol. The molecule has 1 saturated carbocycles. The third-order valence-corrected chi connectivity index (χ3v) is 4.21. The fourth-order valence-corrected chi connectivity index (χ4v) is 3.05. The molecule has 3 atom stereocenters. The molecule has 3 nitrogen and oxygen atoms in total. The summed E-state index contributed by atoms with van der Waals surface area (Å²) >= 11 is 0. The van der Waals surface area contributed by atoms with Crippen LogP contribution in [0.1, 0.15) is 46.0 Å². The van der Waals surface area contributed by atoms with Crippen molar-refractivity contribution in [2.45, 2.75) is 52.0 Å². The van der Waals surface area contributed by atoms with Gasteiger partial charge in [-0.3, -0.25) is 10.1 Å². The van der Waals surface area contributed by atoms with Gasteiger partial charge in [-0.05, 0) is 24.7 Å². The Morgan fingerprint density at radius 3 is 2.88 bits per heavy atom. The Balaban J connectivity index is 1.85. The van der Waals surface area contributed by atoms with Crippen molar-refractivity contribution in [2.24, 2.45) is 11.8 Å². The van der Waals surface area contributed by atoms with E-state index >= 15 is 0 Å². The van der Waals surface area contributed by atoms with Crippen molar-refractivity contribution in [3.63, 3.8) is 0 Å². The lowest BCUT2D eigenvalue weighted by molar-refractivity contribution is -0.129. The van der Waals surface area contributed by atoms with Gasteiger partial charge in [0.05, 0.1) is 12.7 Å². The van der Waals surface area contributed by atoms with Gasteiger partial charge in [0.15, 0.2) is 0 Å². The van der Waals surface area contributed by atoms with Gasteiger partial charge in [0.1, 0.15) is 0 Å². The second-order valence-electron chi connectivity index (χ2n) is 5.43. The van der Waals surface area contributed by atoms with Crippen LogP contribution in [0.2, 0.25) is 0 Å². The first kappa shape index (κ1) is 11.9. The molecule has 0 spiro atoms. The Kier molecular flexibility index (Phi) is 3.85. The van der Waals surface area contributed by atoms with Gasteiger partial charge in [0.2, 0.25) is 5.91 Å². The van der Waals surface area contributed by atoms with E-state index in [4.69, 9.17) is 0 Å². The number of amides is 1. The topological polar surface area (TPSA) is 32.3 Å². The highest BCUT2D eigenvalue weighted by molar-refractivity contribution is 5.83. The predicted octanol–water partition coefficient (Wildman–Crippen LogP) is 1.98. The maximum atomic E-state index is 12.1. The fraction of sp³-hybridized carbons (Fsp3) is 0.923. The van der Waals surface area contributed by atoms with Crippen molar-refractivity contribution in [3.8, 4) is 0 Å². The zero-order chi connectivity index (χ0) is 11.5. The van der Waals surface area contributed by atoms with Crippen LogP contribution in [0.15, 0.2) is 0 Å². The van der Waals surface area contributed by atoms with Gasteiger partial charge in [-0.25, -0.2) is 0 Å². The lowest BCUT2D eigenvalue weighted by Crippen LogP contribution is -2.34. The van der Waals surface area contributed by atoms with Gasteiger partial charge in [-0.2, -0.15) is 0 Å². The Bertz CT molecular complexity index is 254. The van der Waals surface area contributed by atoms with E-state index in [9.17, 15) is 4.79 Å². The zero-order valence-corrected chi connectivity index (χ0v) is 10.5. The van der Waals surface area contributed by atoms with E-state index in [0.29, 0.717) is 5.91 Å². The number of hydrogen-bond acceptors (Lipinski definition) is 2. The highest BCUT2D eigenvalue weighted by Crippen LogP contribution is 2.32. The third kappa shape index (κ3) is 2.40. The molecule has 0 bridgehead atoms. The number of rotatable bonds is 4. The summed E-state index contributed by atoms with van der Waals surface area (Å²) < 4.78 is 0. The minimum Gasteiger partial charge on any atom is -0.328 e. The van der Waals surface area contributed by atoms with Crippen molar-refractivity contribution >= 4 is 5.91 Å². The lowest BCUT2D eigenvalue weighted by atomic mass is 9.97. The van der Waals surface area contributed by atoms with Crippen molar-refractivity contribution in [1.29, 1.82) is 0 Å². The number of carbonyl (C=O) groups is 1. The molecular weight excluding hydrogens is 200 g/mol. The van der Waals surface area contributed by atoms with Crippen LogP contribution in [0.25, 0.3) is 0 Å². The van der Waals surface area contributed by atoms with E-state index in [2.05, 4.69) is 19.2 Å². The Labute approximate surface area is 98.6 Å². The SMILES string of the molecule is CCCC1NCN(CC2CCCC2C)C1=O.